The van der Waals surface area contributed by atoms with Crippen molar-refractivity contribution in [1.29, 1.82) is 0 Å². The molecule has 1 saturated heterocycles. The van der Waals surface area contributed by atoms with Crippen LogP contribution in [0.3, 0.4) is 0 Å². The predicted molar refractivity (Wildman–Crippen MR) is 84.6 cm³/mol. The Morgan fingerprint density at radius 2 is 1.95 bits per heavy atom. The van der Waals surface area contributed by atoms with Crippen molar-refractivity contribution >= 4 is 16.7 Å². The summed E-state index contributed by atoms with van der Waals surface area (Å²) in [5, 5.41) is 8.18. The zero-order valence-corrected chi connectivity index (χ0v) is 13.5. The second kappa shape index (κ2) is 6.00. The molecule has 0 N–H and O–H groups in total. The molecule has 1 amide bonds. The lowest BCUT2D eigenvalue weighted by molar-refractivity contribution is 0.0764. The molecule has 1 aliphatic rings. The van der Waals surface area contributed by atoms with Crippen LogP contribution >= 0.6 is 0 Å². The zero-order valence-electron chi connectivity index (χ0n) is 12.7. The van der Waals surface area contributed by atoms with Crippen LogP contribution in [-0.4, -0.2) is 54.6 Å². The van der Waals surface area contributed by atoms with Crippen LogP contribution in [0.25, 0.3) is 5.69 Å². The van der Waals surface area contributed by atoms with Gasteiger partial charge in [0.25, 0.3) is 5.91 Å². The van der Waals surface area contributed by atoms with Crippen molar-refractivity contribution in [3.8, 4) is 5.69 Å². The Labute approximate surface area is 131 Å². The molecule has 0 spiro atoms. The Morgan fingerprint density at radius 3 is 2.64 bits per heavy atom. The average molecular weight is 318 g/mol. The van der Waals surface area contributed by atoms with E-state index >= 15 is 0 Å². The third kappa shape index (κ3) is 2.81. The summed E-state index contributed by atoms with van der Waals surface area (Å²) in [7, 11) is -0.801. The standard InChI is InChI=1S/C15H18N4O2S/c1-11-4-3-5-13(10-11)19-12(2)14(16-17-19)15(20)18-6-8-22(21)9-7-18/h3-5,10H,6-9H2,1-2H3. The van der Waals surface area contributed by atoms with E-state index in [0.29, 0.717) is 30.3 Å². The molecule has 22 heavy (non-hydrogen) atoms. The van der Waals surface area contributed by atoms with Gasteiger partial charge in [0.15, 0.2) is 5.69 Å². The molecule has 0 atom stereocenters. The minimum Gasteiger partial charge on any atom is -0.335 e. The fraction of sp³-hybridized carbons (Fsp3) is 0.400. The highest BCUT2D eigenvalue weighted by Gasteiger charge is 2.26. The third-order valence-corrected chi connectivity index (χ3v) is 5.08. The molecule has 1 fully saturated rings. The van der Waals surface area contributed by atoms with Gasteiger partial charge < -0.3 is 4.90 Å². The number of carbonyl (C=O) groups excluding carboxylic acids is 1. The molecule has 0 bridgehead atoms. The van der Waals surface area contributed by atoms with E-state index in [1.54, 1.807) is 9.58 Å². The van der Waals surface area contributed by atoms with Gasteiger partial charge in [0.2, 0.25) is 0 Å². The van der Waals surface area contributed by atoms with E-state index < -0.39 is 10.8 Å². The van der Waals surface area contributed by atoms with Crippen molar-refractivity contribution in [2.24, 2.45) is 0 Å². The maximum Gasteiger partial charge on any atom is 0.276 e. The van der Waals surface area contributed by atoms with E-state index in [2.05, 4.69) is 10.3 Å². The first-order chi connectivity index (χ1) is 10.6. The Kier molecular flexibility index (Phi) is 4.06. The van der Waals surface area contributed by atoms with Crippen LogP contribution in [0.1, 0.15) is 21.7 Å². The van der Waals surface area contributed by atoms with Crippen LogP contribution in [0.4, 0.5) is 0 Å². The van der Waals surface area contributed by atoms with Gasteiger partial charge in [0.05, 0.1) is 11.4 Å². The van der Waals surface area contributed by atoms with Crippen molar-refractivity contribution < 1.29 is 9.00 Å². The summed E-state index contributed by atoms with van der Waals surface area (Å²) in [4.78, 5) is 14.3. The Balaban J connectivity index is 1.87. The fourth-order valence-corrected chi connectivity index (χ4v) is 3.57. The SMILES string of the molecule is Cc1cccc(-n2nnc(C(=O)N3CCS(=O)CC3)c2C)c1. The number of benzene rings is 1. The number of aromatic nitrogens is 3. The molecule has 1 aromatic heterocycles. The highest BCUT2D eigenvalue weighted by Crippen LogP contribution is 2.15. The summed E-state index contributed by atoms with van der Waals surface area (Å²) in [6.07, 6.45) is 0. The van der Waals surface area contributed by atoms with E-state index in [9.17, 15) is 9.00 Å². The number of amides is 1. The molecular formula is C15H18N4O2S. The lowest BCUT2D eigenvalue weighted by atomic mass is 10.2. The fourth-order valence-electron chi connectivity index (χ4n) is 2.52. The maximum absolute atomic E-state index is 12.5. The lowest BCUT2D eigenvalue weighted by Gasteiger charge is -2.25. The number of aryl methyl sites for hydroxylation is 1. The summed E-state index contributed by atoms with van der Waals surface area (Å²) >= 11 is 0. The van der Waals surface area contributed by atoms with E-state index in [4.69, 9.17) is 0 Å². The topological polar surface area (TPSA) is 68.1 Å². The molecule has 0 aliphatic carbocycles. The Morgan fingerprint density at radius 1 is 1.23 bits per heavy atom. The van der Waals surface area contributed by atoms with Gasteiger partial charge in [-0.25, -0.2) is 4.68 Å². The summed E-state index contributed by atoms with van der Waals surface area (Å²) < 4.78 is 13.1. The van der Waals surface area contributed by atoms with Gasteiger partial charge in [0.1, 0.15) is 0 Å². The number of nitrogens with zero attached hydrogens (tertiary/aromatic N) is 4. The number of hydrogen-bond donors (Lipinski definition) is 0. The second-order valence-electron chi connectivity index (χ2n) is 5.41. The zero-order chi connectivity index (χ0) is 15.7. The quantitative estimate of drug-likeness (QED) is 0.831. The van der Waals surface area contributed by atoms with Gasteiger partial charge in [0, 0.05) is 35.4 Å². The van der Waals surface area contributed by atoms with Crippen LogP contribution in [0.5, 0.6) is 0 Å². The lowest BCUT2D eigenvalue weighted by Crippen LogP contribution is -2.42. The molecule has 0 radical (unpaired) electrons. The van der Waals surface area contributed by atoms with Gasteiger partial charge in [-0.15, -0.1) is 5.10 Å². The predicted octanol–water partition coefficient (Wildman–Crippen LogP) is 1.09. The van der Waals surface area contributed by atoms with Crippen molar-refractivity contribution in [2.45, 2.75) is 13.8 Å². The Hall–Kier alpha value is -2.02. The van der Waals surface area contributed by atoms with Crippen LogP contribution < -0.4 is 0 Å². The number of hydrogen-bond acceptors (Lipinski definition) is 4. The molecule has 6 nitrogen and oxygen atoms in total. The molecule has 2 aromatic rings. The normalized spacial score (nSPS) is 16.0. The highest BCUT2D eigenvalue weighted by atomic mass is 32.2. The van der Waals surface area contributed by atoms with Crippen molar-refractivity contribution in [3.63, 3.8) is 0 Å². The molecule has 1 aromatic carbocycles. The summed E-state index contributed by atoms with van der Waals surface area (Å²) in [6.45, 7) is 4.89. The maximum atomic E-state index is 12.5. The van der Waals surface area contributed by atoms with Crippen LogP contribution in [0, 0.1) is 13.8 Å². The molecule has 116 valence electrons. The first-order valence-electron chi connectivity index (χ1n) is 7.20. The smallest absolute Gasteiger partial charge is 0.276 e. The third-order valence-electron chi connectivity index (χ3n) is 3.81. The van der Waals surface area contributed by atoms with E-state index in [1.807, 2.05) is 38.1 Å². The van der Waals surface area contributed by atoms with E-state index in [0.717, 1.165) is 16.9 Å². The number of carbonyl (C=O) groups is 1. The molecule has 0 saturated carbocycles. The summed E-state index contributed by atoms with van der Waals surface area (Å²) in [6, 6.07) is 7.90. The van der Waals surface area contributed by atoms with Gasteiger partial charge in [-0.3, -0.25) is 9.00 Å². The average Bonchev–Trinajstić information content (AvgIpc) is 2.89. The van der Waals surface area contributed by atoms with Crippen LogP contribution in [-0.2, 0) is 10.8 Å². The minimum absolute atomic E-state index is 0.131. The Bertz CT molecular complexity index is 731. The van der Waals surface area contributed by atoms with Crippen molar-refractivity contribution in [3.05, 3.63) is 41.2 Å². The molecule has 3 rings (SSSR count). The van der Waals surface area contributed by atoms with E-state index in [-0.39, 0.29) is 5.91 Å². The monoisotopic (exact) mass is 318 g/mol. The molecule has 1 aliphatic heterocycles. The first kappa shape index (κ1) is 14.9. The molecule has 7 heteroatoms. The van der Waals surface area contributed by atoms with Gasteiger partial charge in [-0.2, -0.15) is 0 Å². The van der Waals surface area contributed by atoms with Crippen LogP contribution in [0.2, 0.25) is 0 Å². The van der Waals surface area contributed by atoms with Crippen LogP contribution in [0.15, 0.2) is 24.3 Å². The van der Waals surface area contributed by atoms with Crippen molar-refractivity contribution in [2.75, 3.05) is 24.6 Å². The first-order valence-corrected chi connectivity index (χ1v) is 8.68. The minimum atomic E-state index is -0.801. The highest BCUT2D eigenvalue weighted by molar-refractivity contribution is 7.85. The summed E-state index contributed by atoms with van der Waals surface area (Å²) in [5.74, 6) is 0.946. The summed E-state index contributed by atoms with van der Waals surface area (Å²) in [5.41, 5.74) is 3.11. The van der Waals surface area contributed by atoms with Gasteiger partial charge >= 0.3 is 0 Å². The van der Waals surface area contributed by atoms with Crippen molar-refractivity contribution in [1.82, 2.24) is 19.9 Å². The second-order valence-corrected chi connectivity index (χ2v) is 7.11. The van der Waals surface area contributed by atoms with Gasteiger partial charge in [-0.1, -0.05) is 17.3 Å². The van der Waals surface area contributed by atoms with Gasteiger partial charge in [-0.05, 0) is 31.5 Å². The van der Waals surface area contributed by atoms with E-state index in [1.165, 1.54) is 0 Å². The molecular weight excluding hydrogens is 300 g/mol. The number of rotatable bonds is 2. The molecule has 2 heterocycles. The molecule has 0 unspecified atom stereocenters. The largest absolute Gasteiger partial charge is 0.335 e.